The molecule has 1 rings (SSSR count). The molecule has 0 aliphatic rings. The molecule has 0 heterocycles. The Bertz CT molecular complexity index is 468. The van der Waals surface area contributed by atoms with Crippen molar-refractivity contribution in [2.45, 2.75) is 12.5 Å². The Morgan fingerprint density at radius 3 is 2.52 bits per heavy atom. The lowest BCUT2D eigenvalue weighted by Gasteiger charge is -2.12. The van der Waals surface area contributed by atoms with Crippen molar-refractivity contribution in [2.75, 3.05) is 33.5 Å². The van der Waals surface area contributed by atoms with E-state index in [4.69, 9.17) is 25.2 Å². The summed E-state index contributed by atoms with van der Waals surface area (Å²) in [7, 11) is 1.59. The molecular weight excluding hydrogens is 272 g/mol. The van der Waals surface area contributed by atoms with Crippen LogP contribution in [-0.4, -0.2) is 45.5 Å². The molecule has 0 amide bonds. The van der Waals surface area contributed by atoms with Crippen LogP contribution in [0.5, 0.6) is 0 Å². The van der Waals surface area contributed by atoms with Crippen molar-refractivity contribution < 1.29 is 19.0 Å². The predicted octanol–water partition coefficient (Wildman–Crippen LogP) is 0.634. The van der Waals surface area contributed by atoms with Crippen LogP contribution in [0.2, 0.25) is 0 Å². The summed E-state index contributed by atoms with van der Waals surface area (Å²) in [6, 6.07) is 8.25. The molecule has 114 valence electrons. The first kappa shape index (κ1) is 17.1. The number of rotatable bonds is 9. The Kier molecular flexibility index (Phi) is 8.05. The van der Waals surface area contributed by atoms with Gasteiger partial charge in [0.05, 0.1) is 31.5 Å². The highest BCUT2D eigenvalue weighted by Gasteiger charge is 2.15. The molecule has 0 aliphatic heterocycles. The fourth-order valence-electron chi connectivity index (χ4n) is 1.61. The van der Waals surface area contributed by atoms with Crippen molar-refractivity contribution in [3.63, 3.8) is 0 Å². The maximum absolute atomic E-state index is 11.7. The van der Waals surface area contributed by atoms with E-state index in [0.29, 0.717) is 31.8 Å². The van der Waals surface area contributed by atoms with Gasteiger partial charge in [-0.25, -0.2) is 0 Å². The fourth-order valence-corrected chi connectivity index (χ4v) is 1.61. The van der Waals surface area contributed by atoms with Gasteiger partial charge in [0.15, 0.2) is 0 Å². The summed E-state index contributed by atoms with van der Waals surface area (Å²) in [5, 5.41) is 8.70. The Balaban J connectivity index is 2.25. The predicted molar refractivity (Wildman–Crippen MR) is 76.5 cm³/mol. The minimum Gasteiger partial charge on any atom is -0.462 e. The summed E-state index contributed by atoms with van der Waals surface area (Å²) in [5.41, 5.74) is 7.24. The molecule has 0 aromatic heterocycles. The third-order valence-corrected chi connectivity index (χ3v) is 2.75. The van der Waals surface area contributed by atoms with E-state index in [1.807, 2.05) is 6.07 Å². The van der Waals surface area contributed by atoms with Gasteiger partial charge < -0.3 is 19.9 Å². The molecule has 1 aromatic carbocycles. The number of hydrogen-bond donors (Lipinski definition) is 1. The quantitative estimate of drug-likeness (QED) is 0.530. The zero-order valence-electron chi connectivity index (χ0n) is 12.1. The molecule has 1 aromatic rings. The number of methoxy groups -OCH3 is 1. The summed E-state index contributed by atoms with van der Waals surface area (Å²) < 4.78 is 15.0. The topological polar surface area (TPSA) is 94.6 Å². The number of nitrogens with zero attached hydrogens (tertiary/aromatic N) is 1. The summed E-state index contributed by atoms with van der Waals surface area (Å²) in [6.07, 6.45) is 0.370. The molecule has 2 N–H and O–H groups in total. The van der Waals surface area contributed by atoms with Gasteiger partial charge in [-0.1, -0.05) is 12.1 Å². The van der Waals surface area contributed by atoms with Gasteiger partial charge >= 0.3 is 5.97 Å². The van der Waals surface area contributed by atoms with E-state index in [1.54, 1.807) is 31.4 Å². The molecular formula is C15H20N2O4. The molecule has 1 atom stereocenters. The van der Waals surface area contributed by atoms with Crippen LogP contribution in [0.4, 0.5) is 0 Å². The minimum absolute atomic E-state index is 0.170. The Morgan fingerprint density at radius 1 is 1.24 bits per heavy atom. The van der Waals surface area contributed by atoms with E-state index in [-0.39, 0.29) is 6.61 Å². The molecule has 6 heteroatoms. The van der Waals surface area contributed by atoms with Gasteiger partial charge in [-0.3, -0.25) is 4.79 Å². The van der Waals surface area contributed by atoms with Gasteiger partial charge in [-0.05, 0) is 24.1 Å². The number of hydrogen-bond acceptors (Lipinski definition) is 6. The van der Waals surface area contributed by atoms with E-state index in [0.717, 1.165) is 5.56 Å². The highest BCUT2D eigenvalue weighted by Crippen LogP contribution is 2.06. The standard InChI is InChI=1S/C15H20N2O4/c1-19-6-7-20-8-9-21-15(18)14(17)10-12-2-4-13(11-16)5-3-12/h2-5,14H,6-10,17H2,1H3/t14-/m0/s1. The van der Waals surface area contributed by atoms with Crippen molar-refractivity contribution in [1.29, 1.82) is 5.26 Å². The van der Waals surface area contributed by atoms with Crippen LogP contribution in [-0.2, 0) is 25.4 Å². The molecule has 0 radical (unpaired) electrons. The van der Waals surface area contributed by atoms with E-state index >= 15 is 0 Å². The van der Waals surface area contributed by atoms with Crippen molar-refractivity contribution in [2.24, 2.45) is 5.73 Å². The van der Waals surface area contributed by atoms with Gasteiger partial charge in [-0.2, -0.15) is 5.26 Å². The normalized spacial score (nSPS) is 11.7. The number of carbonyl (C=O) groups is 1. The van der Waals surface area contributed by atoms with Gasteiger partial charge in [-0.15, -0.1) is 0 Å². The fraction of sp³-hybridized carbons (Fsp3) is 0.467. The first-order valence-corrected chi connectivity index (χ1v) is 6.65. The molecule has 6 nitrogen and oxygen atoms in total. The summed E-state index contributed by atoms with van der Waals surface area (Å²) in [4.78, 5) is 11.7. The van der Waals surface area contributed by atoms with Crippen molar-refractivity contribution in [3.05, 3.63) is 35.4 Å². The number of ether oxygens (including phenoxy) is 3. The van der Waals surface area contributed by atoms with Crippen LogP contribution < -0.4 is 5.73 Å². The van der Waals surface area contributed by atoms with Gasteiger partial charge in [0.25, 0.3) is 0 Å². The maximum atomic E-state index is 11.7. The van der Waals surface area contributed by atoms with E-state index in [9.17, 15) is 4.79 Å². The molecule has 21 heavy (non-hydrogen) atoms. The van der Waals surface area contributed by atoms with Gasteiger partial charge in [0.1, 0.15) is 12.6 Å². The van der Waals surface area contributed by atoms with Crippen molar-refractivity contribution >= 4 is 5.97 Å². The van der Waals surface area contributed by atoms with Gasteiger partial charge in [0.2, 0.25) is 0 Å². The Hall–Kier alpha value is -1.94. The Labute approximate surface area is 124 Å². The number of nitriles is 1. The van der Waals surface area contributed by atoms with Crippen molar-refractivity contribution in [1.82, 2.24) is 0 Å². The second kappa shape index (κ2) is 9.88. The van der Waals surface area contributed by atoms with Crippen LogP contribution in [0.15, 0.2) is 24.3 Å². The first-order valence-electron chi connectivity index (χ1n) is 6.65. The monoisotopic (exact) mass is 292 g/mol. The lowest BCUT2D eigenvalue weighted by molar-refractivity contribution is -0.146. The van der Waals surface area contributed by atoms with E-state index in [1.165, 1.54) is 0 Å². The largest absolute Gasteiger partial charge is 0.462 e. The third kappa shape index (κ3) is 6.86. The van der Waals surface area contributed by atoms with Crippen LogP contribution in [0.3, 0.4) is 0 Å². The summed E-state index contributed by atoms with van der Waals surface area (Å²) in [5.74, 6) is -0.463. The van der Waals surface area contributed by atoms with Crippen LogP contribution in [0.25, 0.3) is 0 Å². The minimum atomic E-state index is -0.725. The third-order valence-electron chi connectivity index (χ3n) is 2.75. The molecule has 0 saturated heterocycles. The highest BCUT2D eigenvalue weighted by molar-refractivity contribution is 5.75. The summed E-state index contributed by atoms with van der Waals surface area (Å²) in [6.45, 7) is 1.46. The molecule has 0 spiro atoms. The van der Waals surface area contributed by atoms with Crippen LogP contribution >= 0.6 is 0 Å². The average Bonchev–Trinajstić information content (AvgIpc) is 2.51. The van der Waals surface area contributed by atoms with Crippen LogP contribution in [0.1, 0.15) is 11.1 Å². The molecule has 0 saturated carbocycles. The molecule has 0 unspecified atom stereocenters. The van der Waals surface area contributed by atoms with E-state index in [2.05, 4.69) is 0 Å². The molecule has 0 fully saturated rings. The lowest BCUT2D eigenvalue weighted by Crippen LogP contribution is -2.35. The lowest BCUT2D eigenvalue weighted by atomic mass is 10.1. The zero-order chi connectivity index (χ0) is 15.5. The second-order valence-electron chi connectivity index (χ2n) is 4.39. The maximum Gasteiger partial charge on any atom is 0.323 e. The zero-order valence-corrected chi connectivity index (χ0v) is 12.1. The number of esters is 1. The molecule has 0 aliphatic carbocycles. The average molecular weight is 292 g/mol. The van der Waals surface area contributed by atoms with Crippen LogP contribution in [0, 0.1) is 11.3 Å². The number of benzene rings is 1. The van der Waals surface area contributed by atoms with E-state index < -0.39 is 12.0 Å². The SMILES string of the molecule is COCCOCCOC(=O)[C@@H](N)Cc1ccc(C#N)cc1. The summed E-state index contributed by atoms with van der Waals surface area (Å²) >= 11 is 0. The smallest absolute Gasteiger partial charge is 0.323 e. The van der Waals surface area contributed by atoms with Crippen molar-refractivity contribution in [3.8, 4) is 6.07 Å². The highest BCUT2D eigenvalue weighted by atomic mass is 16.6. The second-order valence-corrected chi connectivity index (χ2v) is 4.39. The number of carbonyl (C=O) groups excluding carboxylic acids is 1. The first-order chi connectivity index (χ1) is 10.2. The Morgan fingerprint density at radius 2 is 1.90 bits per heavy atom. The van der Waals surface area contributed by atoms with Gasteiger partial charge in [0, 0.05) is 7.11 Å². The molecule has 0 bridgehead atoms. The number of nitrogens with two attached hydrogens (primary N) is 1.